The Morgan fingerprint density at radius 3 is 2.58 bits per heavy atom. The van der Waals surface area contributed by atoms with Gasteiger partial charge in [0.25, 0.3) is 5.43 Å². The Morgan fingerprint density at radius 1 is 1.21 bits per heavy atom. The third kappa shape index (κ3) is 2.88. The minimum Gasteiger partial charge on any atom is -0.344 e. The van der Waals surface area contributed by atoms with Crippen LogP contribution in [0.3, 0.4) is 0 Å². The predicted molar refractivity (Wildman–Crippen MR) is 72.4 cm³/mol. The van der Waals surface area contributed by atoms with Crippen LogP contribution < -0.4 is 5.43 Å². The molecule has 0 radical (unpaired) electrons. The van der Waals surface area contributed by atoms with E-state index >= 15 is 0 Å². The third-order valence-electron chi connectivity index (χ3n) is 3.09. The molecule has 0 atom stereocenters. The van der Waals surface area contributed by atoms with Crippen molar-refractivity contribution in [3.63, 3.8) is 0 Å². The second kappa shape index (κ2) is 5.06. The number of pyridine rings is 1. The second-order valence-corrected chi connectivity index (χ2v) is 4.54. The quantitative estimate of drug-likeness (QED) is 0.627. The first-order valence-corrected chi connectivity index (χ1v) is 5.88. The first-order valence-electron chi connectivity index (χ1n) is 5.88. The number of rotatable bonds is 3. The van der Waals surface area contributed by atoms with Crippen LogP contribution in [0.15, 0.2) is 41.5 Å². The number of hydrogen-bond donors (Lipinski definition) is 0. The van der Waals surface area contributed by atoms with Crippen LogP contribution in [0.5, 0.6) is 0 Å². The summed E-state index contributed by atoms with van der Waals surface area (Å²) in [6, 6.07) is 7.26. The van der Waals surface area contributed by atoms with Crippen molar-refractivity contribution < 1.29 is 4.92 Å². The molecule has 1 aromatic carbocycles. The fraction of sp³-hybridized carbons (Fsp3) is 0.214. The lowest BCUT2D eigenvalue weighted by Crippen LogP contribution is -2.11. The minimum atomic E-state index is -0.654. The van der Waals surface area contributed by atoms with Gasteiger partial charge in [0.05, 0.1) is 11.1 Å². The normalized spacial score (nSPS) is 10.4. The lowest BCUT2D eigenvalue weighted by molar-refractivity contribution is -0.386. The zero-order chi connectivity index (χ0) is 14.0. The highest BCUT2D eigenvalue weighted by molar-refractivity contribution is 5.31. The van der Waals surface area contributed by atoms with Crippen molar-refractivity contribution in [2.24, 2.45) is 0 Å². The zero-order valence-corrected chi connectivity index (χ0v) is 10.8. The van der Waals surface area contributed by atoms with E-state index in [1.807, 2.05) is 32.0 Å². The van der Waals surface area contributed by atoms with E-state index in [0.29, 0.717) is 6.54 Å². The highest BCUT2D eigenvalue weighted by atomic mass is 16.6. The number of aromatic nitrogens is 1. The summed E-state index contributed by atoms with van der Waals surface area (Å²) in [5.74, 6) is 0. The van der Waals surface area contributed by atoms with Crippen molar-refractivity contribution in [2.75, 3.05) is 0 Å². The maximum Gasteiger partial charge on any atom is 0.332 e. The number of nitro groups is 1. The zero-order valence-electron chi connectivity index (χ0n) is 10.8. The van der Waals surface area contributed by atoms with Gasteiger partial charge < -0.3 is 4.57 Å². The molecule has 19 heavy (non-hydrogen) atoms. The van der Waals surface area contributed by atoms with E-state index in [1.165, 1.54) is 23.4 Å². The molecule has 1 aromatic heterocycles. The van der Waals surface area contributed by atoms with Crippen LogP contribution in [0.4, 0.5) is 5.69 Å². The number of nitrogens with zero attached hydrogens (tertiary/aromatic N) is 2. The van der Waals surface area contributed by atoms with Gasteiger partial charge >= 0.3 is 5.69 Å². The summed E-state index contributed by atoms with van der Waals surface area (Å²) in [5, 5.41) is 10.7. The van der Waals surface area contributed by atoms with Gasteiger partial charge in [0, 0.05) is 18.8 Å². The first-order chi connectivity index (χ1) is 8.97. The standard InChI is InChI=1S/C14H14N2O3/c1-10-3-4-12(7-11(10)2)8-15-6-5-14(17)13(9-15)16(18)19/h3-7,9H,8H2,1-2H3. The first kappa shape index (κ1) is 13.0. The molecule has 0 spiro atoms. The van der Waals surface area contributed by atoms with Crippen LogP contribution in [-0.4, -0.2) is 9.49 Å². The molecule has 5 heteroatoms. The lowest BCUT2D eigenvalue weighted by Gasteiger charge is -2.08. The summed E-state index contributed by atoms with van der Waals surface area (Å²) < 4.78 is 1.64. The van der Waals surface area contributed by atoms with Gasteiger partial charge in [-0.1, -0.05) is 18.2 Å². The SMILES string of the molecule is Cc1ccc(Cn2ccc(=O)c([N+](=O)[O-])c2)cc1C. The van der Waals surface area contributed by atoms with Crippen molar-refractivity contribution in [1.29, 1.82) is 0 Å². The Hall–Kier alpha value is -2.43. The Balaban J connectivity index is 2.33. The topological polar surface area (TPSA) is 65.1 Å². The summed E-state index contributed by atoms with van der Waals surface area (Å²) in [6.07, 6.45) is 2.84. The number of benzene rings is 1. The summed E-state index contributed by atoms with van der Waals surface area (Å²) in [4.78, 5) is 21.4. The Bertz CT molecular complexity index is 689. The largest absolute Gasteiger partial charge is 0.344 e. The molecule has 0 unspecified atom stereocenters. The molecule has 0 saturated heterocycles. The van der Waals surface area contributed by atoms with Crippen LogP contribution in [0.1, 0.15) is 16.7 Å². The maximum atomic E-state index is 11.3. The molecule has 2 rings (SSSR count). The average Bonchev–Trinajstić information content (AvgIpc) is 2.36. The van der Waals surface area contributed by atoms with Gasteiger partial charge in [-0.25, -0.2) is 0 Å². The van der Waals surface area contributed by atoms with E-state index in [1.54, 1.807) is 10.8 Å². The Labute approximate surface area is 110 Å². The third-order valence-corrected chi connectivity index (χ3v) is 3.09. The van der Waals surface area contributed by atoms with E-state index in [0.717, 1.165) is 5.56 Å². The molecular formula is C14H14N2O3. The van der Waals surface area contributed by atoms with E-state index in [2.05, 4.69) is 0 Å². The molecule has 0 fully saturated rings. The van der Waals surface area contributed by atoms with Gasteiger partial charge in [0.15, 0.2) is 0 Å². The second-order valence-electron chi connectivity index (χ2n) is 4.54. The molecule has 5 nitrogen and oxygen atoms in total. The molecule has 1 heterocycles. The summed E-state index contributed by atoms with van der Waals surface area (Å²) in [6.45, 7) is 4.55. The molecule has 0 N–H and O–H groups in total. The minimum absolute atomic E-state index is 0.397. The Morgan fingerprint density at radius 2 is 1.95 bits per heavy atom. The van der Waals surface area contributed by atoms with Crippen molar-refractivity contribution >= 4 is 5.69 Å². The predicted octanol–water partition coefficient (Wildman–Crippen LogP) is 2.42. The summed E-state index contributed by atoms with van der Waals surface area (Å²) in [7, 11) is 0. The van der Waals surface area contributed by atoms with Crippen molar-refractivity contribution in [2.45, 2.75) is 20.4 Å². The lowest BCUT2D eigenvalue weighted by atomic mass is 10.1. The van der Waals surface area contributed by atoms with Gasteiger partial charge in [-0.05, 0) is 30.5 Å². The molecule has 98 valence electrons. The van der Waals surface area contributed by atoms with Gasteiger partial charge in [0.1, 0.15) is 0 Å². The highest BCUT2D eigenvalue weighted by Crippen LogP contribution is 2.12. The highest BCUT2D eigenvalue weighted by Gasteiger charge is 2.11. The van der Waals surface area contributed by atoms with E-state index in [9.17, 15) is 14.9 Å². The van der Waals surface area contributed by atoms with Gasteiger partial charge in [-0.15, -0.1) is 0 Å². The number of hydrogen-bond acceptors (Lipinski definition) is 3. The fourth-order valence-electron chi connectivity index (χ4n) is 1.86. The molecule has 0 aliphatic heterocycles. The maximum absolute atomic E-state index is 11.3. The number of aryl methyl sites for hydroxylation is 2. The van der Waals surface area contributed by atoms with Crippen molar-refractivity contribution in [3.8, 4) is 0 Å². The van der Waals surface area contributed by atoms with Gasteiger partial charge in [-0.3, -0.25) is 14.9 Å². The molecule has 0 aliphatic rings. The van der Waals surface area contributed by atoms with E-state index in [-0.39, 0.29) is 0 Å². The molecule has 0 bridgehead atoms. The molecule has 0 amide bonds. The molecule has 0 saturated carbocycles. The fourth-order valence-corrected chi connectivity index (χ4v) is 1.86. The Kier molecular flexibility index (Phi) is 3.46. The van der Waals surface area contributed by atoms with E-state index < -0.39 is 16.0 Å². The monoisotopic (exact) mass is 258 g/mol. The van der Waals surface area contributed by atoms with Crippen LogP contribution >= 0.6 is 0 Å². The van der Waals surface area contributed by atoms with Crippen molar-refractivity contribution in [3.05, 3.63) is 73.7 Å². The van der Waals surface area contributed by atoms with E-state index in [4.69, 9.17) is 0 Å². The van der Waals surface area contributed by atoms with Gasteiger partial charge in [0.2, 0.25) is 0 Å². The van der Waals surface area contributed by atoms with Crippen molar-refractivity contribution in [1.82, 2.24) is 4.57 Å². The molecular weight excluding hydrogens is 244 g/mol. The van der Waals surface area contributed by atoms with Crippen LogP contribution in [0, 0.1) is 24.0 Å². The molecule has 0 aliphatic carbocycles. The van der Waals surface area contributed by atoms with Crippen LogP contribution in [0.2, 0.25) is 0 Å². The smallest absolute Gasteiger partial charge is 0.332 e. The molecule has 2 aromatic rings. The summed E-state index contributed by atoms with van der Waals surface area (Å²) >= 11 is 0. The average molecular weight is 258 g/mol. The summed E-state index contributed by atoms with van der Waals surface area (Å²) in [5.41, 5.74) is 2.45. The van der Waals surface area contributed by atoms with Gasteiger partial charge in [-0.2, -0.15) is 0 Å². The van der Waals surface area contributed by atoms with Crippen LogP contribution in [0.25, 0.3) is 0 Å². The van der Waals surface area contributed by atoms with Crippen LogP contribution in [-0.2, 0) is 6.54 Å².